The first-order valence-corrected chi connectivity index (χ1v) is 7.16. The Labute approximate surface area is 112 Å². The molecule has 0 bridgehead atoms. The molecule has 1 aromatic rings. The van der Waals surface area contributed by atoms with Gasteiger partial charge in [0.15, 0.2) is 0 Å². The van der Waals surface area contributed by atoms with Gasteiger partial charge in [-0.1, -0.05) is 43.7 Å². The van der Waals surface area contributed by atoms with Crippen molar-refractivity contribution in [2.45, 2.75) is 52.6 Å². The van der Waals surface area contributed by atoms with Crippen molar-refractivity contribution in [3.05, 3.63) is 35.4 Å². The lowest BCUT2D eigenvalue weighted by atomic mass is 9.97. The van der Waals surface area contributed by atoms with Crippen molar-refractivity contribution in [2.75, 3.05) is 13.1 Å². The molecule has 0 spiro atoms. The van der Waals surface area contributed by atoms with E-state index in [-0.39, 0.29) is 6.04 Å². The zero-order valence-corrected chi connectivity index (χ0v) is 12.3. The molecule has 0 aromatic heterocycles. The molecule has 0 saturated heterocycles. The van der Waals surface area contributed by atoms with E-state index >= 15 is 0 Å². The summed E-state index contributed by atoms with van der Waals surface area (Å²) in [5.41, 5.74) is 8.88. The third kappa shape index (κ3) is 4.11. The van der Waals surface area contributed by atoms with Gasteiger partial charge in [0.05, 0.1) is 0 Å². The fourth-order valence-electron chi connectivity index (χ4n) is 2.57. The Bertz CT molecular complexity index is 323. The highest BCUT2D eigenvalue weighted by molar-refractivity contribution is 5.25. The molecule has 0 amide bonds. The number of nitrogens with zero attached hydrogens (tertiary/aromatic N) is 1. The van der Waals surface area contributed by atoms with Crippen LogP contribution in [0.25, 0.3) is 0 Å². The molecular formula is C16H28N2. The van der Waals surface area contributed by atoms with E-state index in [1.54, 1.807) is 0 Å². The van der Waals surface area contributed by atoms with Crippen LogP contribution in [-0.4, -0.2) is 24.0 Å². The smallest absolute Gasteiger partial charge is 0.0496 e. The monoisotopic (exact) mass is 248 g/mol. The van der Waals surface area contributed by atoms with Crippen molar-refractivity contribution >= 4 is 0 Å². The van der Waals surface area contributed by atoms with Gasteiger partial charge in [-0.3, -0.25) is 4.90 Å². The molecule has 0 aliphatic rings. The molecule has 0 heterocycles. The Balaban J connectivity index is 2.95. The summed E-state index contributed by atoms with van der Waals surface area (Å²) in [5, 5.41) is 0. The van der Waals surface area contributed by atoms with Crippen molar-refractivity contribution < 1.29 is 0 Å². The van der Waals surface area contributed by atoms with Gasteiger partial charge in [0.1, 0.15) is 0 Å². The summed E-state index contributed by atoms with van der Waals surface area (Å²) >= 11 is 0. The maximum Gasteiger partial charge on any atom is 0.0496 e. The van der Waals surface area contributed by atoms with Crippen LogP contribution < -0.4 is 5.73 Å². The second-order valence-electron chi connectivity index (χ2n) is 5.25. The Morgan fingerprint density at radius 3 is 1.94 bits per heavy atom. The Hall–Kier alpha value is -0.860. The molecule has 1 aromatic carbocycles. The van der Waals surface area contributed by atoms with Crippen LogP contribution in [0.4, 0.5) is 0 Å². The minimum Gasteiger partial charge on any atom is -0.326 e. The summed E-state index contributed by atoms with van der Waals surface area (Å²) < 4.78 is 0. The van der Waals surface area contributed by atoms with Crippen LogP contribution in [0.2, 0.25) is 0 Å². The predicted octanol–water partition coefficient (Wildman–Crippen LogP) is 3.51. The number of hydrogen-bond donors (Lipinski definition) is 1. The lowest BCUT2D eigenvalue weighted by Crippen LogP contribution is -2.40. The molecule has 102 valence electrons. The number of aryl methyl sites for hydroxylation is 1. The highest BCUT2D eigenvalue weighted by Crippen LogP contribution is 2.24. The van der Waals surface area contributed by atoms with Crippen LogP contribution in [0.3, 0.4) is 0 Å². The van der Waals surface area contributed by atoms with E-state index in [9.17, 15) is 0 Å². The fraction of sp³-hybridized carbons (Fsp3) is 0.625. The quantitative estimate of drug-likeness (QED) is 0.800. The van der Waals surface area contributed by atoms with Gasteiger partial charge in [0.2, 0.25) is 0 Å². The average molecular weight is 248 g/mol. The van der Waals surface area contributed by atoms with Gasteiger partial charge in [-0.25, -0.2) is 0 Å². The molecule has 2 heteroatoms. The van der Waals surface area contributed by atoms with Crippen LogP contribution in [0.15, 0.2) is 24.3 Å². The highest BCUT2D eigenvalue weighted by Gasteiger charge is 2.22. The second kappa shape index (κ2) is 7.55. The third-order valence-corrected chi connectivity index (χ3v) is 3.33. The molecule has 0 saturated carbocycles. The standard InChI is InChI=1S/C16H28N2/c1-5-11-18(12-6-2)16(14(4)17)15-9-7-13(3)8-10-15/h7-10,14,16H,5-6,11-12,17H2,1-4H3. The minimum atomic E-state index is 0.158. The van der Waals surface area contributed by atoms with Gasteiger partial charge in [0.25, 0.3) is 0 Å². The fourth-order valence-corrected chi connectivity index (χ4v) is 2.57. The van der Waals surface area contributed by atoms with E-state index in [4.69, 9.17) is 5.73 Å². The van der Waals surface area contributed by atoms with Crippen molar-refractivity contribution in [1.82, 2.24) is 4.90 Å². The zero-order chi connectivity index (χ0) is 13.5. The number of rotatable bonds is 7. The second-order valence-corrected chi connectivity index (χ2v) is 5.25. The molecule has 0 aliphatic carbocycles. The van der Waals surface area contributed by atoms with Crippen LogP contribution >= 0.6 is 0 Å². The van der Waals surface area contributed by atoms with Crippen molar-refractivity contribution in [3.8, 4) is 0 Å². The first-order valence-electron chi connectivity index (χ1n) is 7.16. The molecule has 2 nitrogen and oxygen atoms in total. The van der Waals surface area contributed by atoms with Gasteiger partial charge in [0, 0.05) is 12.1 Å². The Kier molecular flexibility index (Phi) is 6.37. The van der Waals surface area contributed by atoms with Crippen LogP contribution in [0.5, 0.6) is 0 Å². The summed E-state index contributed by atoms with van der Waals surface area (Å²) in [6, 6.07) is 9.31. The zero-order valence-electron chi connectivity index (χ0n) is 12.3. The van der Waals surface area contributed by atoms with E-state index in [2.05, 4.69) is 56.9 Å². The molecule has 0 radical (unpaired) electrons. The van der Waals surface area contributed by atoms with Gasteiger partial charge < -0.3 is 5.73 Å². The normalized spacial score (nSPS) is 14.8. The van der Waals surface area contributed by atoms with Crippen molar-refractivity contribution in [2.24, 2.45) is 5.73 Å². The molecule has 2 atom stereocenters. The molecule has 0 fully saturated rings. The average Bonchev–Trinajstić information content (AvgIpc) is 2.32. The van der Waals surface area contributed by atoms with E-state index in [0.29, 0.717) is 6.04 Å². The molecule has 2 unspecified atom stereocenters. The number of nitrogens with two attached hydrogens (primary N) is 1. The predicted molar refractivity (Wildman–Crippen MR) is 79.7 cm³/mol. The maximum absolute atomic E-state index is 6.23. The summed E-state index contributed by atoms with van der Waals surface area (Å²) in [6.07, 6.45) is 2.35. The summed E-state index contributed by atoms with van der Waals surface area (Å²) in [4.78, 5) is 2.52. The van der Waals surface area contributed by atoms with Gasteiger partial charge >= 0.3 is 0 Å². The van der Waals surface area contributed by atoms with E-state index in [1.807, 2.05) is 0 Å². The van der Waals surface area contributed by atoms with Gasteiger partial charge in [-0.2, -0.15) is 0 Å². The minimum absolute atomic E-state index is 0.158. The lowest BCUT2D eigenvalue weighted by Gasteiger charge is -2.34. The SMILES string of the molecule is CCCN(CCC)C(c1ccc(C)cc1)C(C)N. The van der Waals surface area contributed by atoms with Crippen LogP contribution in [0, 0.1) is 6.92 Å². The maximum atomic E-state index is 6.23. The molecule has 2 N–H and O–H groups in total. The van der Waals surface area contributed by atoms with Crippen LogP contribution in [-0.2, 0) is 0 Å². The van der Waals surface area contributed by atoms with Gasteiger partial charge in [-0.15, -0.1) is 0 Å². The largest absolute Gasteiger partial charge is 0.326 e. The summed E-state index contributed by atoms with van der Waals surface area (Å²) in [6.45, 7) is 10.9. The lowest BCUT2D eigenvalue weighted by molar-refractivity contribution is 0.176. The molecule has 0 aliphatic heterocycles. The Morgan fingerprint density at radius 1 is 1.06 bits per heavy atom. The highest BCUT2D eigenvalue weighted by atomic mass is 15.2. The van der Waals surface area contributed by atoms with E-state index in [1.165, 1.54) is 24.0 Å². The van der Waals surface area contributed by atoms with E-state index in [0.717, 1.165) is 13.1 Å². The van der Waals surface area contributed by atoms with Crippen molar-refractivity contribution in [1.29, 1.82) is 0 Å². The summed E-state index contributed by atoms with van der Waals surface area (Å²) in [7, 11) is 0. The molecule has 18 heavy (non-hydrogen) atoms. The van der Waals surface area contributed by atoms with Crippen molar-refractivity contribution in [3.63, 3.8) is 0 Å². The van der Waals surface area contributed by atoms with E-state index < -0.39 is 0 Å². The topological polar surface area (TPSA) is 29.3 Å². The summed E-state index contributed by atoms with van der Waals surface area (Å²) in [5.74, 6) is 0. The number of benzene rings is 1. The third-order valence-electron chi connectivity index (χ3n) is 3.33. The Morgan fingerprint density at radius 2 is 1.56 bits per heavy atom. The first-order chi connectivity index (χ1) is 8.60. The first kappa shape index (κ1) is 15.2. The number of hydrogen-bond acceptors (Lipinski definition) is 2. The van der Waals surface area contributed by atoms with Crippen LogP contribution in [0.1, 0.15) is 50.8 Å². The molecule has 1 rings (SSSR count). The molecular weight excluding hydrogens is 220 g/mol. The van der Waals surface area contributed by atoms with Gasteiger partial charge in [-0.05, 0) is 45.3 Å².